The van der Waals surface area contributed by atoms with Crippen LogP contribution in [0.5, 0.6) is 0 Å². The highest BCUT2D eigenvalue weighted by atomic mass is 32.2. The van der Waals surface area contributed by atoms with E-state index >= 15 is 0 Å². The number of fused-ring (bicyclic) bond motifs is 2. The van der Waals surface area contributed by atoms with Gasteiger partial charge in [-0.1, -0.05) is 61.2 Å². The van der Waals surface area contributed by atoms with Gasteiger partial charge in [0.15, 0.2) is 0 Å². The predicted octanol–water partition coefficient (Wildman–Crippen LogP) is 6.65. The summed E-state index contributed by atoms with van der Waals surface area (Å²) < 4.78 is 2.46. The van der Waals surface area contributed by atoms with E-state index in [1.165, 1.54) is 43.5 Å². The molecule has 37 heavy (non-hydrogen) atoms. The van der Waals surface area contributed by atoms with Crippen molar-refractivity contribution in [1.29, 1.82) is 0 Å². The minimum absolute atomic E-state index is 0.232. The summed E-state index contributed by atoms with van der Waals surface area (Å²) in [5.41, 5.74) is 6.26. The van der Waals surface area contributed by atoms with Crippen molar-refractivity contribution in [2.45, 2.75) is 30.7 Å². The van der Waals surface area contributed by atoms with E-state index in [0.717, 1.165) is 25.9 Å². The zero-order chi connectivity index (χ0) is 25.8. The molecule has 0 saturated heterocycles. The van der Waals surface area contributed by atoms with E-state index in [-0.39, 0.29) is 6.04 Å². The molecule has 1 aliphatic heterocycles. The van der Waals surface area contributed by atoms with Gasteiger partial charge in [-0.2, -0.15) is 4.57 Å². The Morgan fingerprint density at radius 2 is 1.70 bits per heavy atom. The number of nitrogens with zero attached hydrogens (tertiary/aromatic N) is 3. The number of nitrogens with one attached hydrogen (secondary N) is 1. The summed E-state index contributed by atoms with van der Waals surface area (Å²) in [6.07, 6.45) is 4.51. The molecule has 0 spiro atoms. The summed E-state index contributed by atoms with van der Waals surface area (Å²) >= 11 is 1.85. The van der Waals surface area contributed by atoms with Gasteiger partial charge in [0.1, 0.15) is 0 Å². The highest BCUT2D eigenvalue weighted by Gasteiger charge is 2.28. The van der Waals surface area contributed by atoms with E-state index in [2.05, 4.69) is 139 Å². The van der Waals surface area contributed by atoms with Gasteiger partial charge in [-0.05, 0) is 69.9 Å². The molecule has 2 heterocycles. The van der Waals surface area contributed by atoms with Crippen LogP contribution in [-0.2, 0) is 0 Å². The number of hydrogen-bond acceptors (Lipinski definition) is 4. The Labute approximate surface area is 225 Å². The van der Waals surface area contributed by atoms with Crippen LogP contribution in [-0.4, -0.2) is 39.1 Å². The summed E-state index contributed by atoms with van der Waals surface area (Å²) in [7, 11) is 6.48. The van der Waals surface area contributed by atoms with Crippen molar-refractivity contribution in [2.24, 2.45) is 0 Å². The summed E-state index contributed by atoms with van der Waals surface area (Å²) in [4.78, 5) is 5.90. The molecule has 3 aromatic carbocycles. The van der Waals surface area contributed by atoms with Crippen LogP contribution in [0.2, 0.25) is 0 Å². The number of para-hydroxylation sites is 3. The molecule has 5 heteroatoms. The molecule has 1 atom stereocenters. The molecule has 1 aliphatic rings. The highest BCUT2D eigenvalue weighted by molar-refractivity contribution is 8.03. The molecular weight excluding hydrogens is 472 g/mol. The Hall–Kier alpha value is -3.12. The molecule has 5 rings (SSSR count). The molecule has 1 unspecified atom stereocenters. The molecular formula is C32H37N4S+. The lowest BCUT2D eigenvalue weighted by Crippen LogP contribution is -2.42. The van der Waals surface area contributed by atoms with E-state index in [4.69, 9.17) is 0 Å². The Balaban J connectivity index is 1.71. The number of aromatic nitrogens is 1. The van der Waals surface area contributed by atoms with Crippen molar-refractivity contribution >= 4 is 34.4 Å². The summed E-state index contributed by atoms with van der Waals surface area (Å²) in [6.45, 7) is 4.25. The van der Waals surface area contributed by atoms with Gasteiger partial charge in [0, 0.05) is 36.2 Å². The van der Waals surface area contributed by atoms with E-state index in [1.807, 2.05) is 11.8 Å². The van der Waals surface area contributed by atoms with Gasteiger partial charge in [-0.25, -0.2) is 0 Å². The monoisotopic (exact) mass is 509 g/mol. The number of benzene rings is 3. The summed E-state index contributed by atoms with van der Waals surface area (Å²) in [6, 6.07) is 30.9. The first-order valence-corrected chi connectivity index (χ1v) is 14.0. The second kappa shape index (κ2) is 11.5. The van der Waals surface area contributed by atoms with E-state index in [1.54, 1.807) is 0 Å². The molecule has 0 bridgehead atoms. The average Bonchev–Trinajstić information content (AvgIpc) is 3.24. The Morgan fingerprint density at radius 3 is 2.46 bits per heavy atom. The van der Waals surface area contributed by atoms with Crippen LogP contribution in [0.15, 0.2) is 94.9 Å². The molecule has 0 amide bonds. The minimum Gasteiger partial charge on any atom is -0.338 e. The van der Waals surface area contributed by atoms with Crippen LogP contribution in [0.4, 0.5) is 5.69 Å². The smallest absolute Gasteiger partial charge is 0.219 e. The highest BCUT2D eigenvalue weighted by Crippen LogP contribution is 2.45. The van der Waals surface area contributed by atoms with Gasteiger partial charge in [-0.15, -0.1) is 0 Å². The number of rotatable bonds is 9. The molecule has 0 fully saturated rings. The topological polar surface area (TPSA) is 22.4 Å². The van der Waals surface area contributed by atoms with E-state index in [9.17, 15) is 0 Å². The minimum atomic E-state index is 0.232. The van der Waals surface area contributed by atoms with Crippen molar-refractivity contribution in [3.8, 4) is 5.69 Å². The van der Waals surface area contributed by atoms with Crippen LogP contribution in [0, 0.1) is 0 Å². The van der Waals surface area contributed by atoms with Crippen molar-refractivity contribution < 1.29 is 4.57 Å². The third kappa shape index (κ3) is 5.45. The van der Waals surface area contributed by atoms with Crippen LogP contribution in [0.3, 0.4) is 0 Å². The number of hydrogen-bond donors (Lipinski definition) is 1. The number of anilines is 1. The fourth-order valence-corrected chi connectivity index (χ4v) is 6.14. The van der Waals surface area contributed by atoms with Gasteiger partial charge >= 0.3 is 0 Å². The van der Waals surface area contributed by atoms with Crippen LogP contribution in [0.25, 0.3) is 22.7 Å². The van der Waals surface area contributed by atoms with Gasteiger partial charge in [0.05, 0.1) is 22.1 Å². The molecule has 1 N–H and O–H groups in total. The summed E-state index contributed by atoms with van der Waals surface area (Å²) in [5.74, 6) is 0. The van der Waals surface area contributed by atoms with E-state index in [0.29, 0.717) is 0 Å². The first kappa shape index (κ1) is 25.5. The standard InChI is InChI=1S/C32H37N4S/c1-5-20-33-27(19-21-34(2)3)30-22-24(23-32-35(4)29-17-11-12-18-31(29)37-32)26-15-9-10-16-28(26)36(30)25-13-7-6-8-14-25/h6-18,22-23,27,33H,5,19-21H2,1-4H3/q+1. The lowest BCUT2D eigenvalue weighted by Gasteiger charge is -2.21. The number of pyridine rings is 1. The van der Waals surface area contributed by atoms with Crippen molar-refractivity contribution in [1.82, 2.24) is 10.2 Å². The first-order chi connectivity index (χ1) is 18.1. The second-order valence-corrected chi connectivity index (χ2v) is 11.0. The first-order valence-electron chi connectivity index (χ1n) is 13.2. The Bertz CT molecular complexity index is 1400. The largest absolute Gasteiger partial charge is 0.338 e. The molecule has 4 nitrogen and oxygen atoms in total. The van der Waals surface area contributed by atoms with Crippen LogP contribution in [0.1, 0.15) is 37.1 Å². The lowest BCUT2D eigenvalue weighted by atomic mass is 10.0. The van der Waals surface area contributed by atoms with Crippen molar-refractivity contribution in [3.63, 3.8) is 0 Å². The molecule has 0 radical (unpaired) electrons. The molecule has 4 aromatic rings. The van der Waals surface area contributed by atoms with Gasteiger partial charge < -0.3 is 15.1 Å². The fourth-order valence-electron chi connectivity index (χ4n) is 5.03. The second-order valence-electron chi connectivity index (χ2n) is 9.92. The zero-order valence-electron chi connectivity index (χ0n) is 22.3. The summed E-state index contributed by atoms with van der Waals surface area (Å²) in [5, 5.41) is 6.39. The third-order valence-corrected chi connectivity index (χ3v) is 8.11. The van der Waals surface area contributed by atoms with Crippen LogP contribution < -0.4 is 14.8 Å². The fraction of sp³-hybridized carbons (Fsp3) is 0.281. The Morgan fingerprint density at radius 1 is 0.973 bits per heavy atom. The molecule has 190 valence electrons. The quantitative estimate of drug-likeness (QED) is 0.255. The maximum absolute atomic E-state index is 3.88. The molecule has 1 aromatic heterocycles. The normalized spacial score (nSPS) is 15.1. The van der Waals surface area contributed by atoms with Crippen molar-refractivity contribution in [2.75, 3.05) is 39.1 Å². The lowest BCUT2D eigenvalue weighted by molar-refractivity contribution is -0.578. The average molecular weight is 510 g/mol. The molecule has 0 saturated carbocycles. The maximum atomic E-state index is 3.88. The van der Waals surface area contributed by atoms with Gasteiger partial charge in [-0.3, -0.25) is 0 Å². The SMILES string of the molecule is CCCNC(CCN(C)C)c1cc(C=C2Sc3ccccc3N2C)c2ccccc2[n+]1-c1ccccc1. The van der Waals surface area contributed by atoms with Crippen molar-refractivity contribution in [3.05, 3.63) is 101 Å². The molecule has 0 aliphatic carbocycles. The van der Waals surface area contributed by atoms with Gasteiger partial charge in [0.25, 0.3) is 0 Å². The Kier molecular flexibility index (Phi) is 7.94. The number of thioether (sulfide) groups is 1. The predicted molar refractivity (Wildman–Crippen MR) is 158 cm³/mol. The van der Waals surface area contributed by atoms with Gasteiger partial charge in [0.2, 0.25) is 16.9 Å². The van der Waals surface area contributed by atoms with E-state index < -0.39 is 0 Å². The maximum Gasteiger partial charge on any atom is 0.219 e. The van der Waals surface area contributed by atoms with Crippen LogP contribution >= 0.6 is 11.8 Å². The third-order valence-electron chi connectivity index (χ3n) is 6.95. The zero-order valence-corrected chi connectivity index (χ0v) is 23.1.